The van der Waals surface area contributed by atoms with Crippen molar-refractivity contribution in [1.29, 1.82) is 5.26 Å². The van der Waals surface area contributed by atoms with Crippen LogP contribution in [0.4, 0.5) is 9.80 Å². The number of aromatic nitrogens is 1. The smallest absolute Gasteiger partial charge is 0.322 e. The van der Waals surface area contributed by atoms with Crippen LogP contribution in [0.1, 0.15) is 31.0 Å². The molecule has 19 heavy (non-hydrogen) atoms. The maximum absolute atomic E-state index is 12.0. The molecule has 1 aromatic rings. The number of hydrogen-bond donors (Lipinski definition) is 1. The Hall–Kier alpha value is -1.65. The lowest BCUT2D eigenvalue weighted by Gasteiger charge is -2.26. The van der Waals surface area contributed by atoms with Gasteiger partial charge in [-0.2, -0.15) is 9.64 Å². The maximum Gasteiger partial charge on any atom is 0.322 e. The first-order valence-electron chi connectivity index (χ1n) is 6.16. The fourth-order valence-corrected chi connectivity index (χ4v) is 2.70. The zero-order chi connectivity index (χ0) is 13.8. The Kier molecular flexibility index (Phi) is 4.35. The maximum atomic E-state index is 12.0. The summed E-state index contributed by atoms with van der Waals surface area (Å²) in [4.78, 5) is 13.7. The Morgan fingerprint density at radius 2 is 2.21 bits per heavy atom. The average Bonchev–Trinajstić information content (AvgIpc) is 2.82. The van der Waals surface area contributed by atoms with Crippen molar-refractivity contribution in [3.8, 4) is 6.07 Å². The van der Waals surface area contributed by atoms with Crippen molar-refractivity contribution in [2.75, 3.05) is 31.6 Å². The van der Waals surface area contributed by atoms with Crippen molar-refractivity contribution in [3.05, 3.63) is 11.3 Å². The number of carbonyl (C=O) groups excluding carboxylic acids is 1. The number of anilines is 1. The molecule has 102 valence electrons. The van der Waals surface area contributed by atoms with Crippen molar-refractivity contribution in [3.63, 3.8) is 0 Å². The molecule has 2 rings (SSSR count). The number of morpholine rings is 1. The first kappa shape index (κ1) is 13.8. The molecule has 0 bridgehead atoms. The highest BCUT2D eigenvalue weighted by molar-refractivity contribution is 7.10. The summed E-state index contributed by atoms with van der Waals surface area (Å²) in [6.07, 6.45) is 0. The molecule has 0 aliphatic carbocycles. The zero-order valence-corrected chi connectivity index (χ0v) is 11.8. The van der Waals surface area contributed by atoms with E-state index in [1.165, 1.54) is 0 Å². The lowest BCUT2D eigenvalue weighted by Crippen LogP contribution is -2.43. The Morgan fingerprint density at radius 1 is 1.53 bits per heavy atom. The molecule has 1 saturated heterocycles. The summed E-state index contributed by atoms with van der Waals surface area (Å²) in [5.74, 6) is 0.167. The number of nitrogens with one attached hydrogen (secondary N) is 1. The molecule has 6 nitrogen and oxygen atoms in total. The van der Waals surface area contributed by atoms with E-state index in [-0.39, 0.29) is 11.9 Å². The van der Waals surface area contributed by atoms with Crippen LogP contribution in [0.2, 0.25) is 0 Å². The third-order valence-electron chi connectivity index (χ3n) is 2.90. The molecule has 0 spiro atoms. The van der Waals surface area contributed by atoms with Crippen molar-refractivity contribution in [2.45, 2.75) is 19.8 Å². The van der Waals surface area contributed by atoms with Crippen LogP contribution in [-0.2, 0) is 4.74 Å². The molecule has 0 unspecified atom stereocenters. The minimum Gasteiger partial charge on any atom is -0.378 e. The van der Waals surface area contributed by atoms with Gasteiger partial charge in [-0.25, -0.2) is 4.79 Å². The van der Waals surface area contributed by atoms with E-state index >= 15 is 0 Å². The molecule has 1 aromatic heterocycles. The van der Waals surface area contributed by atoms with E-state index < -0.39 is 0 Å². The summed E-state index contributed by atoms with van der Waals surface area (Å²) >= 11 is 1.16. The molecule has 0 aromatic carbocycles. The summed E-state index contributed by atoms with van der Waals surface area (Å²) in [5.41, 5.74) is 1.21. The number of urea groups is 1. The molecule has 0 radical (unpaired) electrons. The van der Waals surface area contributed by atoms with E-state index in [1.807, 2.05) is 13.8 Å². The lowest BCUT2D eigenvalue weighted by atomic mass is 10.1. The van der Waals surface area contributed by atoms with Gasteiger partial charge < -0.3 is 9.64 Å². The summed E-state index contributed by atoms with van der Waals surface area (Å²) in [5, 5.41) is 12.5. The summed E-state index contributed by atoms with van der Waals surface area (Å²) in [7, 11) is 0. The third kappa shape index (κ3) is 3.03. The molecule has 1 fully saturated rings. The summed E-state index contributed by atoms with van der Waals surface area (Å²) in [6.45, 7) is 6.21. The van der Waals surface area contributed by atoms with Gasteiger partial charge in [0.1, 0.15) is 16.6 Å². The van der Waals surface area contributed by atoms with Crippen molar-refractivity contribution in [1.82, 2.24) is 9.27 Å². The van der Waals surface area contributed by atoms with Crippen molar-refractivity contribution >= 4 is 22.6 Å². The van der Waals surface area contributed by atoms with Crippen LogP contribution in [0.15, 0.2) is 0 Å². The molecule has 1 N–H and O–H groups in total. The Balaban J connectivity index is 2.10. The van der Waals surface area contributed by atoms with Crippen LogP contribution in [-0.4, -0.2) is 41.6 Å². The second-order valence-corrected chi connectivity index (χ2v) is 5.34. The Morgan fingerprint density at radius 3 is 2.79 bits per heavy atom. The van der Waals surface area contributed by atoms with Crippen LogP contribution in [0.5, 0.6) is 0 Å². The van der Waals surface area contributed by atoms with Crippen LogP contribution in [0.3, 0.4) is 0 Å². The molecule has 2 heterocycles. The lowest BCUT2D eigenvalue weighted by molar-refractivity contribution is 0.0565. The molecule has 0 atom stereocenters. The van der Waals surface area contributed by atoms with Gasteiger partial charge in [-0.05, 0) is 17.5 Å². The number of carbonyl (C=O) groups is 1. The predicted molar refractivity (Wildman–Crippen MR) is 72.3 cm³/mol. The molecular formula is C12H16N4O2S. The molecule has 0 saturated carbocycles. The second kappa shape index (κ2) is 5.99. The monoisotopic (exact) mass is 280 g/mol. The van der Waals surface area contributed by atoms with Gasteiger partial charge in [0.25, 0.3) is 0 Å². The SMILES string of the molecule is CC(C)c1nsc(NC(=O)N2CCOCC2)c1C#N. The van der Waals surface area contributed by atoms with Crippen LogP contribution in [0, 0.1) is 11.3 Å². The number of nitriles is 1. The van der Waals surface area contributed by atoms with Crippen LogP contribution >= 0.6 is 11.5 Å². The average molecular weight is 280 g/mol. The van der Waals surface area contributed by atoms with Crippen LogP contribution < -0.4 is 5.32 Å². The highest BCUT2D eigenvalue weighted by atomic mass is 32.1. The molecule has 2 amide bonds. The van der Waals surface area contributed by atoms with Gasteiger partial charge in [0.05, 0.1) is 18.9 Å². The van der Waals surface area contributed by atoms with E-state index in [0.29, 0.717) is 36.9 Å². The van der Waals surface area contributed by atoms with Gasteiger partial charge in [0, 0.05) is 13.1 Å². The van der Waals surface area contributed by atoms with Gasteiger partial charge in [-0.15, -0.1) is 0 Å². The van der Waals surface area contributed by atoms with E-state index in [1.54, 1.807) is 4.90 Å². The standard InChI is InChI=1S/C12H16N4O2S/c1-8(2)10-9(7-13)11(19-15-10)14-12(17)16-3-5-18-6-4-16/h8H,3-6H2,1-2H3,(H,14,17). The fraction of sp³-hybridized carbons (Fsp3) is 0.583. The minimum atomic E-state index is -0.196. The normalized spacial score (nSPS) is 15.4. The molecule has 1 aliphatic heterocycles. The van der Waals surface area contributed by atoms with Gasteiger partial charge in [-0.3, -0.25) is 5.32 Å². The van der Waals surface area contributed by atoms with E-state index in [9.17, 15) is 10.1 Å². The Bertz CT molecular complexity index is 500. The van der Waals surface area contributed by atoms with Crippen molar-refractivity contribution in [2.24, 2.45) is 0 Å². The van der Waals surface area contributed by atoms with Crippen molar-refractivity contribution < 1.29 is 9.53 Å². The van der Waals surface area contributed by atoms with Gasteiger partial charge in [0.15, 0.2) is 0 Å². The third-order valence-corrected chi connectivity index (χ3v) is 3.67. The first-order valence-corrected chi connectivity index (χ1v) is 6.94. The van der Waals surface area contributed by atoms with E-state index in [4.69, 9.17) is 4.74 Å². The van der Waals surface area contributed by atoms with Gasteiger partial charge in [-0.1, -0.05) is 13.8 Å². The fourth-order valence-electron chi connectivity index (χ4n) is 1.83. The minimum absolute atomic E-state index is 0.167. The number of rotatable bonds is 2. The van der Waals surface area contributed by atoms with E-state index in [2.05, 4.69) is 15.8 Å². The molecular weight excluding hydrogens is 264 g/mol. The summed E-state index contributed by atoms with van der Waals surface area (Å²) < 4.78 is 9.44. The number of hydrogen-bond acceptors (Lipinski definition) is 5. The highest BCUT2D eigenvalue weighted by Crippen LogP contribution is 2.29. The highest BCUT2D eigenvalue weighted by Gasteiger charge is 2.21. The Labute approximate surface area is 116 Å². The second-order valence-electron chi connectivity index (χ2n) is 4.57. The largest absolute Gasteiger partial charge is 0.378 e. The number of ether oxygens (including phenoxy) is 1. The molecule has 7 heteroatoms. The number of nitrogens with zero attached hydrogens (tertiary/aromatic N) is 3. The quantitative estimate of drug-likeness (QED) is 0.898. The topological polar surface area (TPSA) is 78.2 Å². The number of amides is 2. The van der Waals surface area contributed by atoms with Gasteiger partial charge in [0.2, 0.25) is 0 Å². The predicted octanol–water partition coefficient (Wildman–Crippen LogP) is 2.00. The molecule has 1 aliphatic rings. The summed E-state index contributed by atoms with van der Waals surface area (Å²) in [6, 6.07) is 1.93. The zero-order valence-electron chi connectivity index (χ0n) is 11.0. The van der Waals surface area contributed by atoms with E-state index in [0.717, 1.165) is 17.2 Å². The van der Waals surface area contributed by atoms with Gasteiger partial charge >= 0.3 is 6.03 Å². The first-order chi connectivity index (χ1) is 9.13. The van der Waals surface area contributed by atoms with Crippen LogP contribution in [0.25, 0.3) is 0 Å².